The molecule has 0 radical (unpaired) electrons. The molecule has 0 fully saturated rings. The predicted octanol–water partition coefficient (Wildman–Crippen LogP) is 3.05. The van der Waals surface area contributed by atoms with E-state index >= 15 is 0 Å². The van der Waals surface area contributed by atoms with Gasteiger partial charge < -0.3 is 0 Å². The van der Waals surface area contributed by atoms with Crippen LogP contribution in [0.3, 0.4) is 0 Å². The van der Waals surface area contributed by atoms with Gasteiger partial charge in [-0.05, 0) is 12.1 Å². The van der Waals surface area contributed by atoms with Crippen molar-refractivity contribution in [3.05, 3.63) is 39.9 Å². The van der Waals surface area contributed by atoms with Crippen LogP contribution in [0, 0.1) is 34.3 Å². The maximum atomic E-state index is 13.2. The van der Waals surface area contributed by atoms with Gasteiger partial charge in [-0.1, -0.05) is 17.7 Å². The highest BCUT2D eigenvalue weighted by Gasteiger charge is 2.10. The van der Waals surface area contributed by atoms with E-state index in [0.29, 0.717) is 0 Å². The van der Waals surface area contributed by atoms with E-state index in [1.807, 2.05) is 0 Å². The van der Waals surface area contributed by atoms with Crippen LogP contribution >= 0.6 is 11.6 Å². The van der Waals surface area contributed by atoms with E-state index in [9.17, 15) is 8.78 Å². The zero-order valence-corrected chi connectivity index (χ0v) is 8.02. The second-order valence-corrected chi connectivity index (χ2v) is 2.95. The fraction of sp³-hybridized carbons (Fsp3) is 0. The number of benzene rings is 1. The molecule has 0 aliphatic rings. The van der Waals surface area contributed by atoms with Crippen molar-refractivity contribution in [3.63, 3.8) is 0 Å². The summed E-state index contributed by atoms with van der Waals surface area (Å²) in [6.07, 6.45) is 0.953. The number of nitriles is 2. The third-order valence-corrected chi connectivity index (χ3v) is 1.90. The van der Waals surface area contributed by atoms with Crippen LogP contribution in [0.2, 0.25) is 5.02 Å². The maximum absolute atomic E-state index is 13.2. The van der Waals surface area contributed by atoms with Crippen molar-refractivity contribution in [1.29, 1.82) is 10.5 Å². The molecule has 0 aliphatic heterocycles. The molecule has 0 unspecified atom stereocenters. The van der Waals surface area contributed by atoms with Crippen molar-refractivity contribution in [1.82, 2.24) is 0 Å². The molecule has 1 aromatic rings. The lowest BCUT2D eigenvalue weighted by atomic mass is 10.1. The van der Waals surface area contributed by atoms with Gasteiger partial charge in [-0.2, -0.15) is 10.5 Å². The Morgan fingerprint density at radius 3 is 2.33 bits per heavy atom. The minimum atomic E-state index is -1.19. The molecule has 74 valence electrons. The van der Waals surface area contributed by atoms with Crippen LogP contribution in [0.5, 0.6) is 0 Å². The SMILES string of the molecule is N#CC(C#N)=Cc1ccc(Cl)c(F)c1F. The minimum Gasteiger partial charge on any atom is -0.203 e. The van der Waals surface area contributed by atoms with E-state index in [2.05, 4.69) is 0 Å². The number of halogens is 3. The molecule has 0 N–H and O–H groups in total. The van der Waals surface area contributed by atoms with Gasteiger partial charge in [0.25, 0.3) is 0 Å². The molecule has 1 aromatic carbocycles. The summed E-state index contributed by atoms with van der Waals surface area (Å²) in [5.74, 6) is -2.37. The van der Waals surface area contributed by atoms with Gasteiger partial charge in [-0.25, -0.2) is 8.78 Å². The number of rotatable bonds is 1. The zero-order chi connectivity index (χ0) is 11.4. The van der Waals surface area contributed by atoms with Crippen LogP contribution in [-0.4, -0.2) is 0 Å². The summed E-state index contributed by atoms with van der Waals surface area (Å²) >= 11 is 5.32. The van der Waals surface area contributed by atoms with Crippen LogP contribution in [-0.2, 0) is 0 Å². The Kier molecular flexibility index (Phi) is 3.38. The highest BCUT2D eigenvalue weighted by molar-refractivity contribution is 6.30. The van der Waals surface area contributed by atoms with Gasteiger partial charge in [0.05, 0.1) is 5.02 Å². The number of hydrogen-bond acceptors (Lipinski definition) is 2. The first-order chi connectivity index (χ1) is 7.10. The second-order valence-electron chi connectivity index (χ2n) is 2.55. The topological polar surface area (TPSA) is 47.6 Å². The van der Waals surface area contributed by atoms with Crippen molar-refractivity contribution in [2.75, 3.05) is 0 Å². The standard InChI is InChI=1S/C10H3ClF2N2/c11-8-2-1-7(9(12)10(8)13)3-6(4-14)5-15/h1-3H. The summed E-state index contributed by atoms with van der Waals surface area (Å²) in [5.41, 5.74) is -0.495. The Morgan fingerprint density at radius 1 is 1.20 bits per heavy atom. The second kappa shape index (κ2) is 4.54. The largest absolute Gasteiger partial charge is 0.203 e. The molecule has 0 atom stereocenters. The average Bonchev–Trinajstić information content (AvgIpc) is 2.25. The molecule has 0 saturated heterocycles. The Morgan fingerprint density at radius 2 is 1.80 bits per heavy atom. The van der Waals surface area contributed by atoms with Crippen molar-refractivity contribution < 1.29 is 8.78 Å². The van der Waals surface area contributed by atoms with Crippen LogP contribution in [0.1, 0.15) is 5.56 Å². The first-order valence-corrected chi connectivity index (χ1v) is 4.13. The molecule has 1 rings (SSSR count). The zero-order valence-electron chi connectivity index (χ0n) is 7.26. The number of nitrogens with zero attached hydrogens (tertiary/aromatic N) is 2. The summed E-state index contributed by atoms with van der Waals surface area (Å²) in [4.78, 5) is 0. The van der Waals surface area contributed by atoms with Gasteiger partial charge in [-0.3, -0.25) is 0 Å². The highest BCUT2D eigenvalue weighted by Crippen LogP contribution is 2.21. The summed E-state index contributed by atoms with van der Waals surface area (Å²) in [6, 6.07) is 5.42. The molecule has 0 aliphatic carbocycles. The highest BCUT2D eigenvalue weighted by atomic mass is 35.5. The molecule has 2 nitrogen and oxygen atoms in total. The maximum Gasteiger partial charge on any atom is 0.177 e. The first-order valence-electron chi connectivity index (χ1n) is 3.75. The predicted molar refractivity (Wildman–Crippen MR) is 50.6 cm³/mol. The van der Waals surface area contributed by atoms with Crippen LogP contribution < -0.4 is 0 Å². The van der Waals surface area contributed by atoms with Crippen molar-refractivity contribution in [2.45, 2.75) is 0 Å². The smallest absolute Gasteiger partial charge is 0.177 e. The molecule has 0 bridgehead atoms. The Hall–Kier alpha value is -1.91. The van der Waals surface area contributed by atoms with Gasteiger partial charge in [0.1, 0.15) is 17.7 Å². The summed E-state index contributed by atoms with van der Waals surface area (Å²) in [7, 11) is 0. The molecular weight excluding hydrogens is 222 g/mol. The fourth-order valence-electron chi connectivity index (χ4n) is 0.897. The summed E-state index contributed by atoms with van der Waals surface area (Å²) < 4.78 is 26.1. The molecule has 15 heavy (non-hydrogen) atoms. The van der Waals surface area contributed by atoms with Gasteiger partial charge in [0, 0.05) is 5.56 Å². The third-order valence-electron chi connectivity index (χ3n) is 1.61. The molecule has 5 heteroatoms. The first kappa shape index (κ1) is 11.2. The van der Waals surface area contributed by atoms with Gasteiger partial charge in [0.2, 0.25) is 0 Å². The molecule has 0 saturated carbocycles. The van der Waals surface area contributed by atoms with Crippen molar-refractivity contribution >= 4 is 17.7 Å². The summed E-state index contributed by atoms with van der Waals surface area (Å²) in [6.45, 7) is 0. The Bertz CT molecular complexity index is 493. The summed E-state index contributed by atoms with van der Waals surface area (Å²) in [5, 5.41) is 16.5. The van der Waals surface area contributed by atoms with E-state index < -0.39 is 11.6 Å². The lowest BCUT2D eigenvalue weighted by Crippen LogP contribution is -1.90. The molecule has 0 spiro atoms. The lowest BCUT2D eigenvalue weighted by molar-refractivity contribution is 0.507. The van der Waals surface area contributed by atoms with E-state index in [1.54, 1.807) is 0 Å². The normalized spacial score (nSPS) is 8.87. The Balaban J connectivity index is 3.32. The van der Waals surface area contributed by atoms with E-state index in [0.717, 1.165) is 12.1 Å². The lowest BCUT2D eigenvalue weighted by Gasteiger charge is -1.99. The molecule has 0 amide bonds. The van der Waals surface area contributed by atoms with Crippen molar-refractivity contribution in [3.8, 4) is 12.1 Å². The fourth-order valence-corrected chi connectivity index (χ4v) is 1.04. The van der Waals surface area contributed by atoms with Crippen molar-refractivity contribution in [2.24, 2.45) is 0 Å². The average molecular weight is 225 g/mol. The van der Waals surface area contributed by atoms with E-state index in [4.69, 9.17) is 22.1 Å². The van der Waals surface area contributed by atoms with Gasteiger partial charge in [0.15, 0.2) is 11.6 Å². The quantitative estimate of drug-likeness (QED) is 0.544. The molecular formula is C10H3ClF2N2. The minimum absolute atomic E-state index is 0.185. The van der Waals surface area contributed by atoms with Gasteiger partial charge in [-0.15, -0.1) is 0 Å². The van der Waals surface area contributed by atoms with Crippen LogP contribution in [0.25, 0.3) is 6.08 Å². The molecule has 0 aromatic heterocycles. The van der Waals surface area contributed by atoms with Crippen LogP contribution in [0.15, 0.2) is 17.7 Å². The number of allylic oxidation sites excluding steroid dienone is 1. The number of hydrogen-bond donors (Lipinski definition) is 0. The third kappa shape index (κ3) is 2.31. The van der Waals surface area contributed by atoms with E-state index in [1.165, 1.54) is 18.2 Å². The van der Waals surface area contributed by atoms with Crippen LogP contribution in [0.4, 0.5) is 8.78 Å². The van der Waals surface area contributed by atoms with E-state index in [-0.39, 0.29) is 16.2 Å². The molecule has 0 heterocycles. The Labute approximate surface area is 89.6 Å². The monoisotopic (exact) mass is 224 g/mol. The van der Waals surface area contributed by atoms with Gasteiger partial charge >= 0.3 is 0 Å².